The molecule has 27 heavy (non-hydrogen) atoms. The molecule has 1 aliphatic rings. The van der Waals surface area contributed by atoms with E-state index < -0.39 is 4.92 Å². The van der Waals surface area contributed by atoms with Crippen molar-refractivity contribution in [2.75, 3.05) is 31.5 Å². The maximum atomic E-state index is 13.6. The van der Waals surface area contributed by atoms with Crippen LogP contribution in [0.2, 0.25) is 0 Å². The Labute approximate surface area is 156 Å². The number of nitro groups is 1. The molecule has 1 unspecified atom stereocenters. The van der Waals surface area contributed by atoms with Crippen LogP contribution in [0.5, 0.6) is 0 Å². The molecule has 0 spiro atoms. The van der Waals surface area contributed by atoms with E-state index in [1.165, 1.54) is 18.2 Å². The lowest BCUT2D eigenvalue weighted by atomic mass is 10.0. The van der Waals surface area contributed by atoms with Gasteiger partial charge < -0.3 is 15.5 Å². The molecule has 1 aliphatic heterocycles. The summed E-state index contributed by atoms with van der Waals surface area (Å²) in [6.45, 7) is 2.05. The van der Waals surface area contributed by atoms with Gasteiger partial charge in [0.2, 0.25) is 5.91 Å². The SMILES string of the molecule is O=C(CCNc1ccccc1[N+](=O)[O-])N1CCNCC1c1cccc(F)c1. The molecule has 1 amide bonds. The largest absolute Gasteiger partial charge is 0.379 e. The Balaban J connectivity index is 1.63. The highest BCUT2D eigenvalue weighted by molar-refractivity contribution is 5.77. The van der Waals surface area contributed by atoms with Crippen LogP contribution in [0.15, 0.2) is 48.5 Å². The summed E-state index contributed by atoms with van der Waals surface area (Å²) in [6, 6.07) is 12.4. The lowest BCUT2D eigenvalue weighted by Crippen LogP contribution is -2.49. The van der Waals surface area contributed by atoms with Crippen LogP contribution < -0.4 is 10.6 Å². The average Bonchev–Trinajstić information content (AvgIpc) is 2.68. The maximum Gasteiger partial charge on any atom is 0.292 e. The Hall–Kier alpha value is -3.00. The lowest BCUT2D eigenvalue weighted by molar-refractivity contribution is -0.384. The second kappa shape index (κ2) is 8.59. The number of halogens is 1. The first-order valence-corrected chi connectivity index (χ1v) is 8.79. The summed E-state index contributed by atoms with van der Waals surface area (Å²) in [5, 5.41) is 17.2. The molecule has 3 rings (SSSR count). The van der Waals surface area contributed by atoms with Crippen LogP contribution in [0.1, 0.15) is 18.0 Å². The Morgan fingerprint density at radius 2 is 2.11 bits per heavy atom. The zero-order valence-electron chi connectivity index (χ0n) is 14.7. The number of hydrogen-bond donors (Lipinski definition) is 2. The van der Waals surface area contributed by atoms with E-state index in [9.17, 15) is 19.3 Å². The number of amides is 1. The van der Waals surface area contributed by atoms with Gasteiger partial charge in [-0.25, -0.2) is 4.39 Å². The number of carbonyl (C=O) groups is 1. The lowest BCUT2D eigenvalue weighted by Gasteiger charge is -2.36. The Morgan fingerprint density at radius 3 is 2.89 bits per heavy atom. The number of nitrogens with zero attached hydrogens (tertiary/aromatic N) is 2. The molecule has 0 radical (unpaired) electrons. The van der Waals surface area contributed by atoms with Crippen molar-refractivity contribution in [2.24, 2.45) is 0 Å². The van der Waals surface area contributed by atoms with Gasteiger partial charge in [-0.15, -0.1) is 0 Å². The minimum absolute atomic E-state index is 0.0234. The third-order valence-electron chi connectivity index (χ3n) is 4.55. The number of benzene rings is 2. The molecule has 7 nitrogen and oxygen atoms in total. The van der Waals surface area contributed by atoms with Crippen LogP contribution in [-0.4, -0.2) is 41.9 Å². The first kappa shape index (κ1) is 18.8. The Morgan fingerprint density at radius 1 is 1.30 bits per heavy atom. The third kappa shape index (κ3) is 4.59. The van der Waals surface area contributed by atoms with E-state index in [4.69, 9.17) is 0 Å². The van der Waals surface area contributed by atoms with Gasteiger partial charge in [-0.3, -0.25) is 14.9 Å². The fourth-order valence-electron chi connectivity index (χ4n) is 3.24. The number of carbonyl (C=O) groups excluding carboxylic acids is 1. The van der Waals surface area contributed by atoms with Gasteiger partial charge in [0.05, 0.1) is 11.0 Å². The summed E-state index contributed by atoms with van der Waals surface area (Å²) in [4.78, 5) is 25.0. The number of piperazine rings is 1. The quantitative estimate of drug-likeness (QED) is 0.601. The Kier molecular flexibility index (Phi) is 5.97. The normalized spacial score (nSPS) is 16.8. The highest BCUT2D eigenvalue weighted by atomic mass is 19.1. The fraction of sp³-hybridized carbons (Fsp3) is 0.316. The highest BCUT2D eigenvalue weighted by Crippen LogP contribution is 2.25. The van der Waals surface area contributed by atoms with Crippen LogP contribution in [0.25, 0.3) is 0 Å². The molecular weight excluding hydrogens is 351 g/mol. The predicted octanol–water partition coefficient (Wildman–Crippen LogP) is 2.71. The van der Waals surface area contributed by atoms with Gasteiger partial charge >= 0.3 is 0 Å². The monoisotopic (exact) mass is 372 g/mol. The standard InChI is InChI=1S/C19H21FN4O3/c20-15-5-3-4-14(12-15)18-13-21-10-11-23(18)19(25)8-9-22-16-6-1-2-7-17(16)24(26)27/h1-7,12,18,21-22H,8-11,13H2. The number of anilines is 1. The highest BCUT2D eigenvalue weighted by Gasteiger charge is 2.27. The van der Waals surface area contributed by atoms with E-state index in [1.54, 1.807) is 29.2 Å². The van der Waals surface area contributed by atoms with Crippen molar-refractivity contribution in [3.8, 4) is 0 Å². The molecular formula is C19H21FN4O3. The van der Waals surface area contributed by atoms with Crippen molar-refractivity contribution in [3.05, 3.63) is 70.0 Å². The zero-order valence-corrected chi connectivity index (χ0v) is 14.7. The topological polar surface area (TPSA) is 87.5 Å². The van der Waals surface area contributed by atoms with Crippen LogP contribution in [0, 0.1) is 15.9 Å². The molecule has 142 valence electrons. The van der Waals surface area contributed by atoms with Gasteiger partial charge in [-0.05, 0) is 23.8 Å². The Bertz CT molecular complexity index is 830. The number of para-hydroxylation sites is 2. The van der Waals surface area contributed by atoms with Crippen LogP contribution in [-0.2, 0) is 4.79 Å². The molecule has 1 heterocycles. The number of nitrogens with one attached hydrogen (secondary N) is 2. The second-order valence-electron chi connectivity index (χ2n) is 6.31. The van der Waals surface area contributed by atoms with Crippen LogP contribution >= 0.6 is 0 Å². The molecule has 0 aliphatic carbocycles. The number of hydrogen-bond acceptors (Lipinski definition) is 5. The molecule has 1 saturated heterocycles. The fourth-order valence-corrected chi connectivity index (χ4v) is 3.24. The van der Waals surface area contributed by atoms with Gasteiger partial charge in [-0.2, -0.15) is 0 Å². The van der Waals surface area contributed by atoms with Crippen LogP contribution in [0.4, 0.5) is 15.8 Å². The van der Waals surface area contributed by atoms with Crippen molar-refractivity contribution >= 4 is 17.3 Å². The van der Waals surface area contributed by atoms with Gasteiger partial charge in [0.15, 0.2) is 0 Å². The third-order valence-corrected chi connectivity index (χ3v) is 4.55. The van der Waals surface area contributed by atoms with Crippen molar-refractivity contribution in [3.63, 3.8) is 0 Å². The molecule has 2 aromatic carbocycles. The second-order valence-corrected chi connectivity index (χ2v) is 6.31. The zero-order chi connectivity index (χ0) is 19.2. The number of nitro benzene ring substituents is 1. The maximum absolute atomic E-state index is 13.6. The van der Waals surface area contributed by atoms with E-state index in [-0.39, 0.29) is 36.4 Å². The molecule has 2 aromatic rings. The van der Waals surface area contributed by atoms with Gasteiger partial charge in [0, 0.05) is 38.7 Å². The van der Waals surface area contributed by atoms with Crippen molar-refractivity contribution in [1.29, 1.82) is 0 Å². The first-order chi connectivity index (χ1) is 13.1. The van der Waals surface area contributed by atoms with Gasteiger partial charge in [-0.1, -0.05) is 24.3 Å². The van der Waals surface area contributed by atoms with Gasteiger partial charge in [0.1, 0.15) is 11.5 Å². The van der Waals surface area contributed by atoms with Crippen LogP contribution in [0.3, 0.4) is 0 Å². The summed E-state index contributed by atoms with van der Waals surface area (Å²) >= 11 is 0. The summed E-state index contributed by atoms with van der Waals surface area (Å²) < 4.78 is 13.6. The van der Waals surface area contributed by atoms with E-state index in [2.05, 4.69) is 10.6 Å². The molecule has 8 heteroatoms. The minimum atomic E-state index is -0.458. The predicted molar refractivity (Wildman–Crippen MR) is 99.9 cm³/mol. The minimum Gasteiger partial charge on any atom is -0.379 e. The first-order valence-electron chi connectivity index (χ1n) is 8.79. The van der Waals surface area contributed by atoms with E-state index in [0.29, 0.717) is 25.3 Å². The molecule has 2 N–H and O–H groups in total. The summed E-state index contributed by atoms with van der Waals surface area (Å²) in [5.41, 5.74) is 1.12. The van der Waals surface area contributed by atoms with Crippen molar-refractivity contribution in [2.45, 2.75) is 12.5 Å². The van der Waals surface area contributed by atoms with Crippen molar-refractivity contribution < 1.29 is 14.1 Å². The van der Waals surface area contributed by atoms with E-state index in [1.807, 2.05) is 6.07 Å². The van der Waals surface area contributed by atoms with Crippen molar-refractivity contribution in [1.82, 2.24) is 10.2 Å². The molecule has 1 atom stereocenters. The summed E-state index contributed by atoms with van der Waals surface area (Å²) in [7, 11) is 0. The number of rotatable bonds is 6. The molecule has 1 fully saturated rings. The summed E-state index contributed by atoms with van der Waals surface area (Å²) in [5.74, 6) is -0.402. The molecule has 0 saturated carbocycles. The average molecular weight is 372 g/mol. The smallest absolute Gasteiger partial charge is 0.292 e. The van der Waals surface area contributed by atoms with E-state index >= 15 is 0 Å². The molecule has 0 aromatic heterocycles. The molecule has 0 bridgehead atoms. The van der Waals surface area contributed by atoms with Gasteiger partial charge in [0.25, 0.3) is 5.69 Å². The summed E-state index contributed by atoms with van der Waals surface area (Å²) in [6.07, 6.45) is 0.192. The van der Waals surface area contributed by atoms with E-state index in [0.717, 1.165) is 5.56 Å².